The van der Waals surface area contributed by atoms with Gasteiger partial charge in [-0.1, -0.05) is 50.1 Å². The molecular weight excluding hydrogens is 328 g/mol. The number of esters is 1. The van der Waals surface area contributed by atoms with Gasteiger partial charge in [0, 0.05) is 0 Å². The topological polar surface area (TPSA) is 128 Å². The molecule has 25 heavy (non-hydrogen) atoms. The zero-order valence-electron chi connectivity index (χ0n) is 14.7. The third-order valence-corrected chi connectivity index (χ3v) is 4.36. The zero-order chi connectivity index (χ0) is 18.7. The molecule has 0 aromatic carbocycles. The molecule has 142 valence electrons. The molecular formula is C17H28N2O6. The normalized spacial score (nSPS) is 16.9. The minimum absolute atomic E-state index is 0.117. The van der Waals surface area contributed by atoms with Crippen molar-refractivity contribution in [2.75, 3.05) is 6.61 Å². The van der Waals surface area contributed by atoms with Gasteiger partial charge >= 0.3 is 17.9 Å². The number of carboxylic acid groups (broad SMARTS) is 1. The highest BCUT2D eigenvalue weighted by Crippen LogP contribution is 2.29. The SMILES string of the molecule is CCOC(=O)/C(N)=N/OC(=O)[C@H](CCCC1CCCCC1)CC(=O)O. The van der Waals surface area contributed by atoms with Gasteiger partial charge in [-0.3, -0.25) is 4.79 Å². The minimum Gasteiger partial charge on any atom is -0.481 e. The predicted octanol–water partition coefficient (Wildman–Crippen LogP) is 2.21. The fraction of sp³-hybridized carbons (Fsp3) is 0.765. The number of hydrogen-bond donors (Lipinski definition) is 2. The molecule has 0 amide bonds. The highest BCUT2D eigenvalue weighted by molar-refractivity contribution is 6.34. The van der Waals surface area contributed by atoms with Crippen LogP contribution in [-0.4, -0.2) is 35.5 Å². The van der Waals surface area contributed by atoms with E-state index in [1.807, 2.05) is 0 Å². The Hall–Kier alpha value is -2.12. The first-order valence-corrected chi connectivity index (χ1v) is 8.87. The lowest BCUT2D eigenvalue weighted by Gasteiger charge is -2.22. The maximum atomic E-state index is 12.0. The van der Waals surface area contributed by atoms with Gasteiger partial charge in [-0.05, 0) is 19.3 Å². The molecule has 0 aromatic rings. The number of nitrogens with zero attached hydrogens (tertiary/aromatic N) is 1. The Labute approximate surface area is 147 Å². The first kappa shape index (κ1) is 20.9. The standard InChI is InChI=1S/C17H28N2O6/c1-2-24-17(23)15(18)19-25-16(22)13(11-14(20)21)10-6-9-12-7-4-3-5-8-12/h12-13H,2-11H2,1H3,(H2,18,19)(H,20,21)/t13-/m1/s1. The van der Waals surface area contributed by atoms with E-state index < -0.39 is 29.7 Å². The quantitative estimate of drug-likeness (QED) is 0.213. The van der Waals surface area contributed by atoms with Crippen LogP contribution in [0.3, 0.4) is 0 Å². The van der Waals surface area contributed by atoms with E-state index in [4.69, 9.17) is 10.8 Å². The maximum absolute atomic E-state index is 12.0. The molecule has 1 saturated carbocycles. The van der Waals surface area contributed by atoms with Crippen molar-refractivity contribution < 1.29 is 29.1 Å². The molecule has 8 heteroatoms. The first-order valence-electron chi connectivity index (χ1n) is 8.87. The van der Waals surface area contributed by atoms with Crippen molar-refractivity contribution in [3.05, 3.63) is 0 Å². The van der Waals surface area contributed by atoms with Crippen LogP contribution in [-0.2, 0) is 24.0 Å². The number of ether oxygens (including phenoxy) is 1. The van der Waals surface area contributed by atoms with Gasteiger partial charge in [0.2, 0.25) is 5.84 Å². The van der Waals surface area contributed by atoms with Gasteiger partial charge in [-0.2, -0.15) is 0 Å². The van der Waals surface area contributed by atoms with Crippen LogP contribution < -0.4 is 5.73 Å². The summed E-state index contributed by atoms with van der Waals surface area (Å²) in [6, 6.07) is 0. The summed E-state index contributed by atoms with van der Waals surface area (Å²) in [6.45, 7) is 1.72. The molecule has 0 heterocycles. The smallest absolute Gasteiger partial charge is 0.377 e. The van der Waals surface area contributed by atoms with E-state index in [-0.39, 0.29) is 13.0 Å². The van der Waals surface area contributed by atoms with E-state index in [9.17, 15) is 14.4 Å². The molecule has 0 aliphatic heterocycles. The number of hydrogen-bond acceptors (Lipinski definition) is 6. The second kappa shape index (κ2) is 11.4. The molecule has 1 fully saturated rings. The van der Waals surface area contributed by atoms with Crippen LogP contribution in [0.1, 0.15) is 64.7 Å². The second-order valence-corrected chi connectivity index (χ2v) is 6.34. The van der Waals surface area contributed by atoms with Crippen molar-refractivity contribution in [1.29, 1.82) is 0 Å². The molecule has 3 N–H and O–H groups in total. The minimum atomic E-state index is -1.08. The van der Waals surface area contributed by atoms with Gasteiger partial charge in [-0.15, -0.1) is 0 Å². The number of carboxylic acids is 1. The van der Waals surface area contributed by atoms with Crippen LogP contribution in [0.15, 0.2) is 5.16 Å². The lowest BCUT2D eigenvalue weighted by Crippen LogP contribution is -2.28. The number of oxime groups is 1. The summed E-state index contributed by atoms with van der Waals surface area (Å²) >= 11 is 0. The lowest BCUT2D eigenvalue weighted by molar-refractivity contribution is -0.153. The number of carbonyl (C=O) groups excluding carboxylic acids is 2. The van der Waals surface area contributed by atoms with Crippen LogP contribution in [0.4, 0.5) is 0 Å². The Morgan fingerprint density at radius 3 is 2.52 bits per heavy atom. The van der Waals surface area contributed by atoms with E-state index in [2.05, 4.69) is 14.7 Å². The number of amidine groups is 1. The van der Waals surface area contributed by atoms with Gasteiger partial charge in [0.1, 0.15) is 0 Å². The van der Waals surface area contributed by atoms with Crippen molar-refractivity contribution in [1.82, 2.24) is 0 Å². The average molecular weight is 356 g/mol. The fourth-order valence-electron chi connectivity index (χ4n) is 3.05. The van der Waals surface area contributed by atoms with E-state index in [1.165, 1.54) is 32.1 Å². The van der Waals surface area contributed by atoms with Crippen LogP contribution in [0.5, 0.6) is 0 Å². The molecule has 0 saturated heterocycles. The second-order valence-electron chi connectivity index (χ2n) is 6.34. The largest absolute Gasteiger partial charge is 0.481 e. The molecule has 0 radical (unpaired) electrons. The molecule has 1 atom stereocenters. The Bertz CT molecular complexity index is 486. The fourth-order valence-corrected chi connectivity index (χ4v) is 3.05. The molecule has 1 rings (SSSR count). The number of rotatable bonds is 9. The monoisotopic (exact) mass is 356 g/mol. The summed E-state index contributed by atoms with van der Waals surface area (Å²) in [5.74, 6) is -3.48. The molecule has 1 aliphatic carbocycles. The third-order valence-electron chi connectivity index (χ3n) is 4.36. The lowest BCUT2D eigenvalue weighted by atomic mass is 9.84. The van der Waals surface area contributed by atoms with Crippen LogP contribution in [0, 0.1) is 11.8 Å². The summed E-state index contributed by atoms with van der Waals surface area (Å²) in [7, 11) is 0. The Kier molecular flexibility index (Phi) is 9.57. The first-order chi connectivity index (χ1) is 11.9. The van der Waals surface area contributed by atoms with Crippen molar-refractivity contribution in [3.8, 4) is 0 Å². The van der Waals surface area contributed by atoms with Crippen molar-refractivity contribution >= 4 is 23.7 Å². The molecule has 0 aromatic heterocycles. The van der Waals surface area contributed by atoms with Gasteiger partial charge in [0.05, 0.1) is 18.9 Å². The molecule has 8 nitrogen and oxygen atoms in total. The number of aliphatic carboxylic acids is 1. The Morgan fingerprint density at radius 1 is 1.24 bits per heavy atom. The zero-order valence-corrected chi connectivity index (χ0v) is 14.7. The summed E-state index contributed by atoms with van der Waals surface area (Å²) in [5, 5.41) is 12.2. The van der Waals surface area contributed by atoms with E-state index in [0.29, 0.717) is 12.3 Å². The highest BCUT2D eigenvalue weighted by atomic mass is 16.7. The van der Waals surface area contributed by atoms with E-state index in [0.717, 1.165) is 12.8 Å². The van der Waals surface area contributed by atoms with Crippen LogP contribution >= 0.6 is 0 Å². The van der Waals surface area contributed by atoms with E-state index >= 15 is 0 Å². The van der Waals surface area contributed by atoms with Gasteiger partial charge < -0.3 is 20.4 Å². The average Bonchev–Trinajstić information content (AvgIpc) is 2.59. The van der Waals surface area contributed by atoms with Crippen molar-refractivity contribution in [2.24, 2.45) is 22.7 Å². The molecule has 0 spiro atoms. The van der Waals surface area contributed by atoms with E-state index in [1.54, 1.807) is 6.92 Å². The van der Waals surface area contributed by atoms with Crippen molar-refractivity contribution in [2.45, 2.75) is 64.7 Å². The van der Waals surface area contributed by atoms with Crippen LogP contribution in [0.2, 0.25) is 0 Å². The van der Waals surface area contributed by atoms with Gasteiger partial charge in [-0.25, -0.2) is 9.59 Å². The Morgan fingerprint density at radius 2 is 1.92 bits per heavy atom. The maximum Gasteiger partial charge on any atom is 0.377 e. The molecule has 1 aliphatic rings. The number of nitrogens with two attached hydrogens (primary N) is 1. The molecule has 0 bridgehead atoms. The summed E-state index contributed by atoms with van der Waals surface area (Å²) < 4.78 is 4.61. The number of carbonyl (C=O) groups is 3. The summed E-state index contributed by atoms with van der Waals surface area (Å²) in [6.07, 6.45) is 7.99. The predicted molar refractivity (Wildman–Crippen MR) is 90.5 cm³/mol. The van der Waals surface area contributed by atoms with Gasteiger partial charge in [0.15, 0.2) is 0 Å². The molecule has 0 unspecified atom stereocenters. The summed E-state index contributed by atoms with van der Waals surface area (Å²) in [5.41, 5.74) is 5.33. The third kappa shape index (κ3) is 8.51. The van der Waals surface area contributed by atoms with Crippen LogP contribution in [0.25, 0.3) is 0 Å². The summed E-state index contributed by atoms with van der Waals surface area (Å²) in [4.78, 5) is 38.9. The highest BCUT2D eigenvalue weighted by Gasteiger charge is 2.25. The van der Waals surface area contributed by atoms with Gasteiger partial charge in [0.25, 0.3) is 0 Å². The van der Waals surface area contributed by atoms with Crippen molar-refractivity contribution in [3.63, 3.8) is 0 Å². The Balaban J connectivity index is 2.49.